The molecule has 0 saturated heterocycles. The molecule has 3 rings (SSSR count). The first-order valence-electron chi connectivity index (χ1n) is 6.79. The highest BCUT2D eigenvalue weighted by molar-refractivity contribution is 7.16. The van der Waals surface area contributed by atoms with Gasteiger partial charge in [0.25, 0.3) is 5.91 Å². The van der Waals surface area contributed by atoms with Crippen LogP contribution in [0.15, 0.2) is 41.9 Å². The van der Waals surface area contributed by atoms with Crippen molar-refractivity contribution in [1.82, 2.24) is 4.98 Å². The zero-order chi connectivity index (χ0) is 17.1. The van der Waals surface area contributed by atoms with E-state index < -0.39 is 18.5 Å². The minimum absolute atomic E-state index is 0.285. The fourth-order valence-corrected chi connectivity index (χ4v) is 3.20. The van der Waals surface area contributed by atoms with Crippen LogP contribution < -0.4 is 5.32 Å². The van der Waals surface area contributed by atoms with Crippen molar-refractivity contribution in [1.29, 1.82) is 0 Å². The maximum atomic E-state index is 12.0. The quantitative estimate of drug-likeness (QED) is 0.681. The fourth-order valence-electron chi connectivity index (χ4n) is 1.99. The second kappa shape index (κ2) is 7.17. The molecule has 0 atom stereocenters. The number of para-hydroxylation sites is 1. The average Bonchev–Trinajstić information content (AvgIpc) is 3.03. The number of aromatic nitrogens is 1. The Morgan fingerprint density at radius 3 is 2.67 bits per heavy atom. The van der Waals surface area contributed by atoms with Gasteiger partial charge in [0.2, 0.25) is 0 Å². The summed E-state index contributed by atoms with van der Waals surface area (Å²) in [5.74, 6) is -1.12. The van der Waals surface area contributed by atoms with Crippen LogP contribution in [-0.4, -0.2) is 23.5 Å². The lowest BCUT2D eigenvalue weighted by molar-refractivity contribution is -0.119. The van der Waals surface area contributed by atoms with Gasteiger partial charge in [0.15, 0.2) is 6.61 Å². The predicted molar refractivity (Wildman–Crippen MR) is 95.0 cm³/mol. The third-order valence-electron chi connectivity index (χ3n) is 3.13. The standard InChI is InChI=1S/C16H10Cl2N2O3S/c17-10-2-1-3-11(18)15(10)20-14(21)7-23-16(22)9-4-5-12-13(6-9)24-8-19-12/h1-6,8H,7H2,(H,20,21). The molecule has 0 aliphatic heterocycles. The molecule has 3 aromatic rings. The van der Waals surface area contributed by atoms with E-state index in [9.17, 15) is 9.59 Å². The number of carbonyl (C=O) groups is 2. The first-order valence-corrected chi connectivity index (χ1v) is 8.42. The summed E-state index contributed by atoms with van der Waals surface area (Å²) in [7, 11) is 0. The first-order chi connectivity index (χ1) is 11.5. The number of benzene rings is 2. The number of hydrogen-bond acceptors (Lipinski definition) is 5. The van der Waals surface area contributed by atoms with Gasteiger partial charge in [-0.2, -0.15) is 0 Å². The molecular weight excluding hydrogens is 371 g/mol. The van der Waals surface area contributed by atoms with Crippen LogP contribution in [0, 0.1) is 0 Å². The Kier molecular flexibility index (Phi) is 4.99. The Balaban J connectivity index is 1.62. The molecule has 0 spiro atoms. The number of amides is 1. The molecule has 8 heteroatoms. The van der Waals surface area contributed by atoms with E-state index in [4.69, 9.17) is 27.9 Å². The van der Waals surface area contributed by atoms with E-state index in [2.05, 4.69) is 10.3 Å². The second-order valence-electron chi connectivity index (χ2n) is 4.76. The van der Waals surface area contributed by atoms with Gasteiger partial charge in [-0.15, -0.1) is 11.3 Å². The van der Waals surface area contributed by atoms with Crippen molar-refractivity contribution in [2.24, 2.45) is 0 Å². The number of anilines is 1. The van der Waals surface area contributed by atoms with E-state index in [0.29, 0.717) is 15.6 Å². The number of fused-ring (bicyclic) bond motifs is 1. The smallest absolute Gasteiger partial charge is 0.338 e. The summed E-state index contributed by atoms with van der Waals surface area (Å²) in [6.45, 7) is -0.443. The highest BCUT2D eigenvalue weighted by atomic mass is 35.5. The molecule has 0 unspecified atom stereocenters. The van der Waals surface area contributed by atoms with Crippen LogP contribution in [0.1, 0.15) is 10.4 Å². The van der Waals surface area contributed by atoms with Gasteiger partial charge in [0.1, 0.15) is 0 Å². The zero-order valence-corrected chi connectivity index (χ0v) is 14.4. The summed E-state index contributed by atoms with van der Waals surface area (Å²) in [5, 5.41) is 3.13. The largest absolute Gasteiger partial charge is 0.452 e. The van der Waals surface area contributed by atoms with E-state index in [0.717, 1.165) is 10.2 Å². The van der Waals surface area contributed by atoms with Crippen LogP contribution >= 0.6 is 34.5 Å². The number of nitrogens with zero attached hydrogens (tertiary/aromatic N) is 1. The number of nitrogens with one attached hydrogen (secondary N) is 1. The molecular formula is C16H10Cl2N2O3S. The molecule has 122 valence electrons. The number of esters is 1. The molecule has 1 amide bonds. The van der Waals surface area contributed by atoms with E-state index in [1.807, 2.05) is 0 Å². The van der Waals surface area contributed by atoms with Crippen molar-refractivity contribution in [2.45, 2.75) is 0 Å². The second-order valence-corrected chi connectivity index (χ2v) is 6.46. The van der Waals surface area contributed by atoms with E-state index in [1.165, 1.54) is 11.3 Å². The van der Waals surface area contributed by atoms with E-state index >= 15 is 0 Å². The van der Waals surface area contributed by atoms with E-state index in [-0.39, 0.29) is 5.69 Å². The molecule has 1 N–H and O–H groups in total. The lowest BCUT2D eigenvalue weighted by Gasteiger charge is -2.09. The number of rotatable bonds is 4. The molecule has 2 aromatic carbocycles. The fraction of sp³-hybridized carbons (Fsp3) is 0.0625. The molecule has 24 heavy (non-hydrogen) atoms. The van der Waals surface area contributed by atoms with Crippen molar-refractivity contribution in [3.05, 3.63) is 57.5 Å². The van der Waals surface area contributed by atoms with Crippen molar-refractivity contribution < 1.29 is 14.3 Å². The van der Waals surface area contributed by atoms with Crippen LogP contribution in [0.25, 0.3) is 10.2 Å². The zero-order valence-electron chi connectivity index (χ0n) is 12.1. The number of halogens is 2. The van der Waals surface area contributed by atoms with Crippen molar-refractivity contribution in [3.63, 3.8) is 0 Å². The summed E-state index contributed by atoms with van der Waals surface area (Å²) in [5.41, 5.74) is 3.14. The average molecular weight is 381 g/mol. The molecule has 1 heterocycles. The normalized spacial score (nSPS) is 10.6. The number of ether oxygens (including phenoxy) is 1. The number of hydrogen-bond donors (Lipinski definition) is 1. The van der Waals surface area contributed by atoms with Gasteiger partial charge in [-0.3, -0.25) is 4.79 Å². The van der Waals surface area contributed by atoms with Crippen molar-refractivity contribution >= 4 is 62.3 Å². The molecule has 0 aliphatic carbocycles. The molecule has 1 aromatic heterocycles. The van der Waals surface area contributed by atoms with Gasteiger partial charge >= 0.3 is 5.97 Å². The minimum Gasteiger partial charge on any atom is -0.452 e. The summed E-state index contributed by atoms with van der Waals surface area (Å²) in [6.07, 6.45) is 0. The van der Waals surface area contributed by atoms with Crippen molar-refractivity contribution in [3.8, 4) is 0 Å². The third-order valence-corrected chi connectivity index (χ3v) is 4.55. The predicted octanol–water partition coefficient (Wildman–Crippen LogP) is 4.40. The summed E-state index contributed by atoms with van der Waals surface area (Å²) in [6, 6.07) is 9.87. The van der Waals surface area contributed by atoms with Gasteiger partial charge in [-0.05, 0) is 30.3 Å². The molecule has 0 radical (unpaired) electrons. The highest BCUT2D eigenvalue weighted by Crippen LogP contribution is 2.29. The molecule has 0 fully saturated rings. The lowest BCUT2D eigenvalue weighted by atomic mass is 10.2. The maximum absolute atomic E-state index is 12.0. The van der Waals surface area contributed by atoms with Gasteiger partial charge in [0, 0.05) is 0 Å². The van der Waals surface area contributed by atoms with Gasteiger partial charge < -0.3 is 10.1 Å². The summed E-state index contributed by atoms with van der Waals surface area (Å²) < 4.78 is 5.89. The highest BCUT2D eigenvalue weighted by Gasteiger charge is 2.14. The molecule has 5 nitrogen and oxygen atoms in total. The van der Waals surface area contributed by atoms with Crippen LogP contribution in [0.2, 0.25) is 10.0 Å². The first kappa shape index (κ1) is 16.7. The Bertz CT molecular complexity index is 906. The Labute approximate surface area is 151 Å². The topological polar surface area (TPSA) is 68.3 Å². The summed E-state index contributed by atoms with van der Waals surface area (Å²) >= 11 is 13.4. The number of carbonyl (C=O) groups excluding carboxylic acids is 2. The SMILES string of the molecule is O=C(COC(=O)c1ccc2ncsc2c1)Nc1c(Cl)cccc1Cl. The minimum atomic E-state index is -0.592. The Hall–Kier alpha value is -2.15. The summed E-state index contributed by atoms with van der Waals surface area (Å²) in [4.78, 5) is 28.1. The number of thiazole rings is 1. The molecule has 0 saturated carbocycles. The van der Waals surface area contributed by atoms with Crippen LogP contribution in [0.5, 0.6) is 0 Å². The van der Waals surface area contributed by atoms with Gasteiger partial charge in [-0.1, -0.05) is 29.3 Å². The van der Waals surface area contributed by atoms with Gasteiger partial charge in [-0.25, -0.2) is 9.78 Å². The van der Waals surface area contributed by atoms with E-state index in [1.54, 1.807) is 41.9 Å². The molecule has 0 aliphatic rings. The van der Waals surface area contributed by atoms with Crippen LogP contribution in [-0.2, 0) is 9.53 Å². The Morgan fingerprint density at radius 1 is 1.17 bits per heavy atom. The van der Waals surface area contributed by atoms with Gasteiger partial charge in [0.05, 0.1) is 37.0 Å². The third kappa shape index (κ3) is 3.67. The Morgan fingerprint density at radius 2 is 1.92 bits per heavy atom. The lowest BCUT2D eigenvalue weighted by Crippen LogP contribution is -2.21. The van der Waals surface area contributed by atoms with Crippen LogP contribution in [0.4, 0.5) is 5.69 Å². The molecule has 0 bridgehead atoms. The monoisotopic (exact) mass is 380 g/mol. The van der Waals surface area contributed by atoms with Crippen LogP contribution in [0.3, 0.4) is 0 Å². The van der Waals surface area contributed by atoms with Crippen molar-refractivity contribution in [2.75, 3.05) is 11.9 Å². The maximum Gasteiger partial charge on any atom is 0.338 e.